The van der Waals surface area contributed by atoms with Gasteiger partial charge in [-0.25, -0.2) is 4.98 Å². The summed E-state index contributed by atoms with van der Waals surface area (Å²) in [4.78, 5) is 4.61. The Kier molecular flexibility index (Phi) is 5.29. The highest BCUT2D eigenvalue weighted by Crippen LogP contribution is 2.33. The molecule has 0 amide bonds. The smallest absolute Gasteiger partial charge is 0.146 e. The highest BCUT2D eigenvalue weighted by atomic mass is 35.5. The molecule has 5 nitrogen and oxygen atoms in total. The van der Waals surface area contributed by atoms with E-state index in [1.807, 2.05) is 0 Å². The van der Waals surface area contributed by atoms with Gasteiger partial charge in [0, 0.05) is 18.3 Å². The molecule has 122 valence electrons. The van der Waals surface area contributed by atoms with Gasteiger partial charge in [-0.3, -0.25) is 5.41 Å². The number of fused-ring (bicyclic) bond motifs is 1. The Balaban J connectivity index is 0.00000176. The molecule has 1 fully saturated rings. The van der Waals surface area contributed by atoms with E-state index < -0.39 is 0 Å². The summed E-state index contributed by atoms with van der Waals surface area (Å²) >= 11 is 0. The Morgan fingerprint density at radius 2 is 1.95 bits per heavy atom. The molecule has 0 unspecified atom stereocenters. The van der Waals surface area contributed by atoms with Crippen molar-refractivity contribution in [2.75, 3.05) is 6.61 Å². The third kappa shape index (κ3) is 2.68. The van der Waals surface area contributed by atoms with Crippen molar-refractivity contribution in [3.63, 3.8) is 0 Å². The fourth-order valence-electron chi connectivity index (χ4n) is 3.61. The number of halogens is 1. The van der Waals surface area contributed by atoms with Crippen molar-refractivity contribution in [2.24, 2.45) is 0 Å². The third-order valence-corrected chi connectivity index (χ3v) is 4.86. The summed E-state index contributed by atoms with van der Waals surface area (Å²) in [6.45, 7) is 4.68. The monoisotopic (exact) mass is 324 g/mol. The van der Waals surface area contributed by atoms with Crippen molar-refractivity contribution >= 4 is 23.4 Å². The Bertz CT molecular complexity index is 713. The largest absolute Gasteiger partial charge is 0.395 e. The SMILES string of the molecule is Cc1c(C)n(C2CCCCC2)c2ncn(CCO)c(=N)c12.Cl. The molecule has 1 aliphatic rings. The zero-order chi connectivity index (χ0) is 15.0. The Morgan fingerprint density at radius 3 is 2.59 bits per heavy atom. The summed E-state index contributed by atoms with van der Waals surface area (Å²) in [7, 11) is 0. The molecule has 2 heterocycles. The van der Waals surface area contributed by atoms with E-state index >= 15 is 0 Å². The number of aryl methyl sites for hydroxylation is 1. The minimum atomic E-state index is 0. The van der Waals surface area contributed by atoms with Crippen molar-refractivity contribution in [2.45, 2.75) is 58.5 Å². The number of aromatic nitrogens is 3. The molecule has 1 saturated carbocycles. The lowest BCUT2D eigenvalue weighted by atomic mass is 9.95. The molecular weight excluding hydrogens is 300 g/mol. The van der Waals surface area contributed by atoms with Gasteiger partial charge in [0.25, 0.3) is 0 Å². The highest BCUT2D eigenvalue weighted by molar-refractivity contribution is 5.85. The van der Waals surface area contributed by atoms with Crippen LogP contribution in [0, 0.1) is 19.3 Å². The van der Waals surface area contributed by atoms with Crippen LogP contribution in [-0.2, 0) is 6.54 Å². The number of aliphatic hydroxyl groups excluding tert-OH is 1. The number of nitrogens with one attached hydrogen (secondary N) is 1. The van der Waals surface area contributed by atoms with Crippen LogP contribution < -0.4 is 5.49 Å². The average molecular weight is 325 g/mol. The van der Waals surface area contributed by atoms with E-state index in [1.165, 1.54) is 37.8 Å². The minimum Gasteiger partial charge on any atom is -0.395 e. The lowest BCUT2D eigenvalue weighted by Gasteiger charge is -2.25. The van der Waals surface area contributed by atoms with E-state index in [-0.39, 0.29) is 19.0 Å². The molecule has 3 rings (SSSR count). The third-order valence-electron chi connectivity index (χ3n) is 4.86. The summed E-state index contributed by atoms with van der Waals surface area (Å²) in [5, 5.41) is 18.5. The zero-order valence-electron chi connectivity index (χ0n) is 13.3. The van der Waals surface area contributed by atoms with Crippen molar-refractivity contribution in [1.29, 1.82) is 5.41 Å². The van der Waals surface area contributed by atoms with Gasteiger partial charge in [0.1, 0.15) is 11.1 Å². The summed E-state index contributed by atoms with van der Waals surface area (Å²) in [6.07, 6.45) is 8.03. The number of nitrogens with zero attached hydrogens (tertiary/aromatic N) is 3. The molecule has 0 atom stereocenters. The molecule has 22 heavy (non-hydrogen) atoms. The predicted molar refractivity (Wildman–Crippen MR) is 89.5 cm³/mol. The maximum atomic E-state index is 9.11. The van der Waals surface area contributed by atoms with E-state index in [9.17, 15) is 0 Å². The van der Waals surface area contributed by atoms with Crippen LogP contribution in [-0.4, -0.2) is 25.8 Å². The van der Waals surface area contributed by atoms with Crippen molar-refractivity contribution in [3.05, 3.63) is 23.1 Å². The standard InChI is InChI=1S/C16H24N4O.ClH/c1-11-12(2)20(13-6-4-3-5-7-13)16-14(11)15(17)19(8-9-21)10-18-16;/h10,13,17,21H,3-9H2,1-2H3;1H. The molecule has 1 aliphatic carbocycles. The maximum Gasteiger partial charge on any atom is 0.146 e. The summed E-state index contributed by atoms with van der Waals surface area (Å²) < 4.78 is 4.07. The van der Waals surface area contributed by atoms with Gasteiger partial charge in [-0.1, -0.05) is 19.3 Å². The first-order valence-electron chi connectivity index (χ1n) is 7.87. The van der Waals surface area contributed by atoms with Crippen LogP contribution in [0.3, 0.4) is 0 Å². The number of hydrogen-bond donors (Lipinski definition) is 2. The first-order chi connectivity index (χ1) is 10.1. The quantitative estimate of drug-likeness (QED) is 0.911. The van der Waals surface area contributed by atoms with Gasteiger partial charge >= 0.3 is 0 Å². The van der Waals surface area contributed by atoms with Crippen molar-refractivity contribution in [1.82, 2.24) is 14.1 Å². The summed E-state index contributed by atoms with van der Waals surface area (Å²) in [5.41, 5.74) is 3.79. The normalized spacial score (nSPS) is 16.0. The van der Waals surface area contributed by atoms with Crippen molar-refractivity contribution < 1.29 is 5.11 Å². The fraction of sp³-hybridized carbons (Fsp3) is 0.625. The van der Waals surface area contributed by atoms with Crippen LogP contribution in [0.15, 0.2) is 6.33 Å². The number of rotatable bonds is 3. The molecule has 0 spiro atoms. The van der Waals surface area contributed by atoms with E-state index in [0.717, 1.165) is 16.6 Å². The van der Waals surface area contributed by atoms with Crippen LogP contribution in [0.25, 0.3) is 11.0 Å². The van der Waals surface area contributed by atoms with Crippen LogP contribution in [0.5, 0.6) is 0 Å². The molecule has 2 aromatic rings. The molecule has 0 aromatic carbocycles. The molecule has 0 bridgehead atoms. The van der Waals surface area contributed by atoms with Crippen LogP contribution in [0.2, 0.25) is 0 Å². The Morgan fingerprint density at radius 1 is 1.27 bits per heavy atom. The first kappa shape index (κ1) is 17.0. The van der Waals surface area contributed by atoms with Gasteiger partial charge in [0.2, 0.25) is 0 Å². The predicted octanol–water partition coefficient (Wildman–Crippen LogP) is 2.85. The summed E-state index contributed by atoms with van der Waals surface area (Å²) in [6, 6.07) is 0.524. The van der Waals surface area contributed by atoms with Gasteiger partial charge in [0.15, 0.2) is 0 Å². The number of hydrogen-bond acceptors (Lipinski definition) is 3. The summed E-state index contributed by atoms with van der Waals surface area (Å²) in [5.74, 6) is 0. The van der Waals surface area contributed by atoms with E-state index in [1.54, 1.807) is 10.9 Å². The molecule has 6 heteroatoms. The molecule has 0 aliphatic heterocycles. The van der Waals surface area contributed by atoms with E-state index in [4.69, 9.17) is 10.5 Å². The fourth-order valence-corrected chi connectivity index (χ4v) is 3.61. The van der Waals surface area contributed by atoms with Crippen LogP contribution in [0.4, 0.5) is 0 Å². The Labute approximate surface area is 136 Å². The van der Waals surface area contributed by atoms with Gasteiger partial charge in [-0.2, -0.15) is 0 Å². The zero-order valence-corrected chi connectivity index (χ0v) is 14.1. The Hall–Kier alpha value is -1.33. The molecule has 2 aromatic heterocycles. The average Bonchev–Trinajstić information content (AvgIpc) is 2.75. The maximum absolute atomic E-state index is 9.11. The van der Waals surface area contributed by atoms with Crippen LogP contribution in [0.1, 0.15) is 49.4 Å². The molecule has 2 N–H and O–H groups in total. The van der Waals surface area contributed by atoms with Gasteiger partial charge in [-0.05, 0) is 32.3 Å². The van der Waals surface area contributed by atoms with Gasteiger partial charge < -0.3 is 14.2 Å². The van der Waals surface area contributed by atoms with Crippen molar-refractivity contribution in [3.8, 4) is 0 Å². The number of aliphatic hydroxyl groups is 1. The second-order valence-electron chi connectivity index (χ2n) is 6.08. The minimum absolute atomic E-state index is 0. The molecule has 0 saturated heterocycles. The second kappa shape index (κ2) is 6.84. The van der Waals surface area contributed by atoms with Crippen LogP contribution >= 0.6 is 12.4 Å². The van der Waals surface area contributed by atoms with Gasteiger partial charge in [-0.15, -0.1) is 12.4 Å². The highest BCUT2D eigenvalue weighted by Gasteiger charge is 2.22. The lowest BCUT2D eigenvalue weighted by molar-refractivity contribution is 0.273. The second-order valence-corrected chi connectivity index (χ2v) is 6.08. The molecular formula is C16H25ClN4O. The van der Waals surface area contributed by atoms with E-state index in [2.05, 4.69) is 23.4 Å². The topological polar surface area (TPSA) is 66.8 Å². The van der Waals surface area contributed by atoms with E-state index in [0.29, 0.717) is 18.1 Å². The lowest BCUT2D eigenvalue weighted by Crippen LogP contribution is -2.23. The first-order valence-corrected chi connectivity index (χ1v) is 7.87. The molecule has 0 radical (unpaired) electrons. The van der Waals surface area contributed by atoms with Gasteiger partial charge in [0.05, 0.1) is 18.3 Å².